The molecule has 0 saturated carbocycles. The number of rotatable bonds is 3. The number of aromatic nitrogens is 2. The number of hydrogen-bond donors (Lipinski definition) is 2. The summed E-state index contributed by atoms with van der Waals surface area (Å²) in [4.78, 5) is 28.1. The first-order valence-corrected chi connectivity index (χ1v) is 6.18. The first kappa shape index (κ1) is 12.9. The van der Waals surface area contributed by atoms with Crippen LogP contribution in [0.5, 0.6) is 5.88 Å². The Balaban J connectivity index is 1.96. The number of furan rings is 1. The third kappa shape index (κ3) is 2.36. The Bertz CT molecular complexity index is 852. The summed E-state index contributed by atoms with van der Waals surface area (Å²) in [6.07, 6.45) is 2.96. The Morgan fingerprint density at radius 3 is 2.95 bits per heavy atom. The highest BCUT2D eigenvalue weighted by molar-refractivity contribution is 5.96. The molecule has 0 aliphatic carbocycles. The van der Waals surface area contributed by atoms with Gasteiger partial charge in [0, 0.05) is 6.20 Å². The van der Waals surface area contributed by atoms with Crippen LogP contribution in [-0.2, 0) is 6.54 Å². The molecule has 0 unspecified atom stereocenters. The molecule has 3 aromatic rings. The SMILES string of the molecule is O=C(NCc1ccco1)c1c(O)nc2ccccn2c1=O. The van der Waals surface area contributed by atoms with Crippen molar-refractivity contribution in [2.75, 3.05) is 0 Å². The zero-order chi connectivity index (χ0) is 14.8. The lowest BCUT2D eigenvalue weighted by atomic mass is 10.2. The molecule has 3 heterocycles. The third-order valence-electron chi connectivity index (χ3n) is 2.95. The minimum atomic E-state index is -0.709. The molecule has 1 amide bonds. The molecule has 106 valence electrons. The van der Waals surface area contributed by atoms with Gasteiger partial charge in [-0.15, -0.1) is 0 Å². The summed E-state index contributed by atoms with van der Waals surface area (Å²) in [7, 11) is 0. The number of carbonyl (C=O) groups is 1. The van der Waals surface area contributed by atoms with E-state index in [1.165, 1.54) is 16.9 Å². The van der Waals surface area contributed by atoms with Crippen molar-refractivity contribution in [3.63, 3.8) is 0 Å². The van der Waals surface area contributed by atoms with Crippen LogP contribution >= 0.6 is 0 Å². The maximum absolute atomic E-state index is 12.2. The van der Waals surface area contributed by atoms with E-state index >= 15 is 0 Å². The van der Waals surface area contributed by atoms with Crippen molar-refractivity contribution in [3.8, 4) is 5.88 Å². The van der Waals surface area contributed by atoms with Gasteiger partial charge in [0.1, 0.15) is 11.4 Å². The van der Waals surface area contributed by atoms with Crippen LogP contribution in [0.4, 0.5) is 0 Å². The molecule has 0 fully saturated rings. The first-order chi connectivity index (χ1) is 10.2. The molecule has 7 nitrogen and oxygen atoms in total. The molecule has 0 bridgehead atoms. The Morgan fingerprint density at radius 2 is 2.19 bits per heavy atom. The predicted molar refractivity (Wildman–Crippen MR) is 73.0 cm³/mol. The van der Waals surface area contributed by atoms with Crippen LogP contribution in [0.15, 0.2) is 52.0 Å². The molecule has 2 N–H and O–H groups in total. The van der Waals surface area contributed by atoms with Crippen LogP contribution in [0.25, 0.3) is 5.65 Å². The van der Waals surface area contributed by atoms with Gasteiger partial charge in [0.15, 0.2) is 5.56 Å². The molecule has 0 aliphatic rings. The van der Waals surface area contributed by atoms with Crippen LogP contribution in [-0.4, -0.2) is 20.4 Å². The van der Waals surface area contributed by atoms with Crippen LogP contribution in [0.2, 0.25) is 0 Å². The topological polar surface area (TPSA) is 96.8 Å². The van der Waals surface area contributed by atoms with Crippen molar-refractivity contribution < 1.29 is 14.3 Å². The molecule has 7 heteroatoms. The third-order valence-corrected chi connectivity index (χ3v) is 2.95. The second-order valence-corrected chi connectivity index (χ2v) is 4.31. The summed E-state index contributed by atoms with van der Waals surface area (Å²) in [6.45, 7) is 0.113. The average Bonchev–Trinajstić information content (AvgIpc) is 2.98. The molecule has 21 heavy (non-hydrogen) atoms. The van der Waals surface area contributed by atoms with Gasteiger partial charge in [0.05, 0.1) is 12.8 Å². The van der Waals surface area contributed by atoms with Gasteiger partial charge in [-0.1, -0.05) is 6.07 Å². The highest BCUT2D eigenvalue weighted by Gasteiger charge is 2.19. The van der Waals surface area contributed by atoms with E-state index in [2.05, 4.69) is 10.3 Å². The molecule has 0 radical (unpaired) electrons. The highest BCUT2D eigenvalue weighted by Crippen LogP contribution is 2.11. The number of fused-ring (bicyclic) bond motifs is 1. The van der Waals surface area contributed by atoms with E-state index in [1.54, 1.807) is 30.3 Å². The Kier molecular flexibility index (Phi) is 3.15. The highest BCUT2D eigenvalue weighted by atomic mass is 16.3. The van der Waals surface area contributed by atoms with Gasteiger partial charge in [0.25, 0.3) is 11.5 Å². The van der Waals surface area contributed by atoms with Gasteiger partial charge >= 0.3 is 0 Å². The maximum Gasteiger partial charge on any atom is 0.274 e. The molecule has 0 saturated heterocycles. The monoisotopic (exact) mass is 285 g/mol. The van der Waals surface area contributed by atoms with Crippen molar-refractivity contribution >= 4 is 11.6 Å². The second-order valence-electron chi connectivity index (χ2n) is 4.31. The number of hydrogen-bond acceptors (Lipinski definition) is 5. The van der Waals surface area contributed by atoms with Crippen LogP contribution in [0, 0.1) is 0 Å². The summed E-state index contributed by atoms with van der Waals surface area (Å²) >= 11 is 0. The van der Waals surface area contributed by atoms with Crippen molar-refractivity contribution in [3.05, 3.63) is 64.5 Å². The van der Waals surface area contributed by atoms with E-state index in [0.29, 0.717) is 5.76 Å². The fraction of sp³-hybridized carbons (Fsp3) is 0.0714. The summed E-state index contributed by atoms with van der Waals surface area (Å²) in [5.41, 5.74) is -0.761. The van der Waals surface area contributed by atoms with E-state index in [4.69, 9.17) is 4.42 Å². The fourth-order valence-electron chi connectivity index (χ4n) is 1.95. The predicted octanol–water partition coefficient (Wildman–Crippen LogP) is 0.923. The lowest BCUT2D eigenvalue weighted by Gasteiger charge is -2.06. The smallest absolute Gasteiger partial charge is 0.274 e. The minimum absolute atomic E-state index is 0.113. The zero-order valence-electron chi connectivity index (χ0n) is 10.8. The molecule has 0 aromatic carbocycles. The van der Waals surface area contributed by atoms with Crippen molar-refractivity contribution in [1.29, 1.82) is 0 Å². The molecule has 0 spiro atoms. The van der Waals surface area contributed by atoms with Gasteiger partial charge in [-0.25, -0.2) is 0 Å². The Morgan fingerprint density at radius 1 is 1.33 bits per heavy atom. The van der Waals surface area contributed by atoms with Gasteiger partial charge in [-0.05, 0) is 24.3 Å². The largest absolute Gasteiger partial charge is 0.493 e. The van der Waals surface area contributed by atoms with E-state index in [-0.39, 0.29) is 12.2 Å². The average molecular weight is 285 g/mol. The van der Waals surface area contributed by atoms with Gasteiger partial charge in [-0.3, -0.25) is 14.0 Å². The Hall–Kier alpha value is -3.09. The number of amides is 1. The second kappa shape index (κ2) is 5.12. The molecular weight excluding hydrogens is 274 g/mol. The molecule has 3 aromatic heterocycles. The lowest BCUT2D eigenvalue weighted by molar-refractivity contribution is 0.0943. The van der Waals surface area contributed by atoms with Gasteiger partial charge < -0.3 is 14.8 Å². The van der Waals surface area contributed by atoms with Gasteiger partial charge in [-0.2, -0.15) is 4.98 Å². The molecule has 0 atom stereocenters. The Labute approximate surface area is 118 Å². The lowest BCUT2D eigenvalue weighted by Crippen LogP contribution is -2.31. The molecular formula is C14H11N3O4. The number of nitrogens with zero attached hydrogens (tertiary/aromatic N) is 2. The first-order valence-electron chi connectivity index (χ1n) is 6.18. The standard InChI is InChI=1S/C14H11N3O4/c18-12(15-8-9-4-3-7-21-9)11-13(19)16-10-5-1-2-6-17(10)14(11)20/h1-7,19H,8H2,(H,15,18). The number of aromatic hydroxyl groups is 1. The zero-order valence-corrected chi connectivity index (χ0v) is 10.8. The van der Waals surface area contributed by atoms with Crippen LogP contribution in [0.1, 0.15) is 16.1 Å². The van der Waals surface area contributed by atoms with Crippen molar-refractivity contribution in [2.24, 2.45) is 0 Å². The van der Waals surface area contributed by atoms with E-state index in [1.807, 2.05) is 0 Å². The number of nitrogens with one attached hydrogen (secondary N) is 1. The van der Waals surface area contributed by atoms with Gasteiger partial charge in [0.2, 0.25) is 5.88 Å². The van der Waals surface area contributed by atoms with Crippen LogP contribution in [0.3, 0.4) is 0 Å². The van der Waals surface area contributed by atoms with Crippen molar-refractivity contribution in [1.82, 2.24) is 14.7 Å². The summed E-state index contributed by atoms with van der Waals surface area (Å²) in [5, 5.41) is 12.3. The minimum Gasteiger partial charge on any atom is -0.493 e. The normalized spacial score (nSPS) is 10.7. The van der Waals surface area contributed by atoms with Crippen LogP contribution < -0.4 is 10.9 Å². The number of pyridine rings is 1. The summed E-state index contributed by atoms with van der Waals surface area (Å²) in [5.74, 6) is -0.764. The fourth-order valence-corrected chi connectivity index (χ4v) is 1.95. The van der Waals surface area contributed by atoms with E-state index < -0.39 is 22.9 Å². The quantitative estimate of drug-likeness (QED) is 0.746. The molecule has 3 rings (SSSR count). The summed E-state index contributed by atoms with van der Waals surface area (Å²) in [6, 6.07) is 8.25. The molecule has 0 aliphatic heterocycles. The van der Waals surface area contributed by atoms with E-state index in [9.17, 15) is 14.7 Å². The summed E-state index contributed by atoms with van der Waals surface area (Å²) < 4.78 is 6.27. The van der Waals surface area contributed by atoms with E-state index in [0.717, 1.165) is 0 Å². The maximum atomic E-state index is 12.2. The van der Waals surface area contributed by atoms with Crippen molar-refractivity contribution in [2.45, 2.75) is 6.54 Å². The number of carbonyl (C=O) groups excluding carboxylic acids is 1.